The van der Waals surface area contributed by atoms with Gasteiger partial charge in [0.1, 0.15) is 22.9 Å². The van der Waals surface area contributed by atoms with E-state index >= 15 is 0 Å². The van der Waals surface area contributed by atoms with Crippen LogP contribution in [0.1, 0.15) is 35.5 Å². The normalized spacial score (nSPS) is 11.8. The van der Waals surface area contributed by atoms with E-state index in [1.807, 2.05) is 0 Å². The zero-order chi connectivity index (χ0) is 30.9. The van der Waals surface area contributed by atoms with Crippen molar-refractivity contribution in [1.29, 1.82) is 0 Å². The Kier molecular flexibility index (Phi) is 7.63. The van der Waals surface area contributed by atoms with Gasteiger partial charge in [-0.25, -0.2) is 9.97 Å². The number of benzene rings is 3. The second-order valence-electron chi connectivity index (χ2n) is 10.3. The van der Waals surface area contributed by atoms with Gasteiger partial charge in [0.2, 0.25) is 0 Å². The van der Waals surface area contributed by atoms with Crippen LogP contribution in [0.15, 0.2) is 85.5 Å². The van der Waals surface area contributed by atoms with Crippen molar-refractivity contribution >= 4 is 34.1 Å². The number of nitrogens with one attached hydrogen (secondary N) is 2. The molecular formula is C31H26F3N5O4. The van der Waals surface area contributed by atoms with Gasteiger partial charge in [0.05, 0.1) is 17.6 Å². The SMILES string of the molecule is Cc1cn(-c2cc(NC(=O)c3cccc4cc(Oc5ccnc(NC(=O)C(C)(C)O)c5)ccc34)cc(C(F)(F)F)c2)cn1. The van der Waals surface area contributed by atoms with Crippen molar-refractivity contribution in [2.75, 3.05) is 10.6 Å². The topological polar surface area (TPSA) is 118 Å². The Morgan fingerprint density at radius 1 is 0.930 bits per heavy atom. The molecule has 5 rings (SSSR count). The fraction of sp³-hybridized carbons (Fsp3) is 0.161. The highest BCUT2D eigenvalue weighted by Gasteiger charge is 2.32. The zero-order valence-electron chi connectivity index (χ0n) is 23.2. The third-order valence-electron chi connectivity index (χ3n) is 6.37. The van der Waals surface area contributed by atoms with Gasteiger partial charge in [-0.2, -0.15) is 13.2 Å². The maximum atomic E-state index is 13.7. The maximum Gasteiger partial charge on any atom is 0.416 e. The molecule has 0 unspecified atom stereocenters. The number of aliphatic hydroxyl groups is 1. The van der Waals surface area contributed by atoms with Gasteiger partial charge in [-0.3, -0.25) is 9.59 Å². The summed E-state index contributed by atoms with van der Waals surface area (Å²) < 4.78 is 48.4. The average Bonchev–Trinajstić information content (AvgIpc) is 3.38. The molecule has 0 aliphatic heterocycles. The highest BCUT2D eigenvalue weighted by Crippen LogP contribution is 2.34. The number of pyridine rings is 1. The molecule has 3 aromatic carbocycles. The van der Waals surface area contributed by atoms with Crippen LogP contribution in [0.5, 0.6) is 11.5 Å². The van der Waals surface area contributed by atoms with Gasteiger partial charge in [-0.1, -0.05) is 12.1 Å². The molecule has 0 atom stereocenters. The molecule has 0 saturated heterocycles. The van der Waals surface area contributed by atoms with Gasteiger partial charge in [0.25, 0.3) is 11.8 Å². The molecule has 220 valence electrons. The van der Waals surface area contributed by atoms with Crippen molar-refractivity contribution in [1.82, 2.24) is 14.5 Å². The van der Waals surface area contributed by atoms with Crippen molar-refractivity contribution < 1.29 is 32.6 Å². The van der Waals surface area contributed by atoms with E-state index in [0.29, 0.717) is 28.0 Å². The lowest BCUT2D eigenvalue weighted by Gasteiger charge is -2.16. The Hall–Kier alpha value is -5.23. The number of aryl methyl sites for hydroxylation is 1. The number of fused-ring (bicyclic) bond motifs is 1. The first kappa shape index (κ1) is 29.3. The fourth-order valence-electron chi connectivity index (χ4n) is 4.23. The summed E-state index contributed by atoms with van der Waals surface area (Å²) in [7, 11) is 0. The number of amides is 2. The first-order valence-electron chi connectivity index (χ1n) is 13.0. The number of halogens is 3. The predicted octanol–water partition coefficient (Wildman–Crippen LogP) is 6.50. The summed E-state index contributed by atoms with van der Waals surface area (Å²) in [5.74, 6) is -0.248. The summed E-state index contributed by atoms with van der Waals surface area (Å²) in [6.45, 7) is 4.42. The lowest BCUT2D eigenvalue weighted by Crippen LogP contribution is -2.36. The van der Waals surface area contributed by atoms with Crippen molar-refractivity contribution in [2.45, 2.75) is 32.5 Å². The molecule has 5 aromatic rings. The Morgan fingerprint density at radius 2 is 1.70 bits per heavy atom. The summed E-state index contributed by atoms with van der Waals surface area (Å²) in [4.78, 5) is 33.5. The smallest absolute Gasteiger partial charge is 0.416 e. The van der Waals surface area contributed by atoms with Crippen LogP contribution < -0.4 is 15.4 Å². The molecule has 3 N–H and O–H groups in total. The summed E-state index contributed by atoms with van der Waals surface area (Å²) in [6, 6.07) is 16.4. The largest absolute Gasteiger partial charge is 0.457 e. The summed E-state index contributed by atoms with van der Waals surface area (Å²) in [5, 5.41) is 16.2. The Balaban J connectivity index is 1.39. The Morgan fingerprint density at radius 3 is 2.40 bits per heavy atom. The first-order valence-corrected chi connectivity index (χ1v) is 13.0. The van der Waals surface area contributed by atoms with Crippen LogP contribution in [-0.2, 0) is 11.0 Å². The van der Waals surface area contributed by atoms with Crippen LogP contribution in [0.3, 0.4) is 0 Å². The average molecular weight is 590 g/mol. The first-order chi connectivity index (χ1) is 20.3. The van der Waals surface area contributed by atoms with E-state index in [9.17, 15) is 27.9 Å². The minimum absolute atomic E-state index is 0.0247. The molecule has 0 saturated carbocycles. The van der Waals surface area contributed by atoms with Gasteiger partial charge in [-0.05, 0) is 80.1 Å². The van der Waals surface area contributed by atoms with Crippen LogP contribution in [0, 0.1) is 6.92 Å². The molecule has 0 bridgehead atoms. The number of hydrogen-bond donors (Lipinski definition) is 3. The Bertz CT molecular complexity index is 1840. The highest BCUT2D eigenvalue weighted by molar-refractivity contribution is 6.13. The zero-order valence-corrected chi connectivity index (χ0v) is 23.2. The molecule has 0 fully saturated rings. The van der Waals surface area contributed by atoms with Crippen LogP contribution >= 0.6 is 0 Å². The highest BCUT2D eigenvalue weighted by atomic mass is 19.4. The number of hydrogen-bond acceptors (Lipinski definition) is 6. The van der Waals surface area contributed by atoms with Gasteiger partial charge in [0.15, 0.2) is 0 Å². The fourth-order valence-corrected chi connectivity index (χ4v) is 4.23. The van der Waals surface area contributed by atoms with E-state index < -0.39 is 29.2 Å². The number of anilines is 2. The third-order valence-corrected chi connectivity index (χ3v) is 6.37. The molecule has 0 spiro atoms. The molecule has 0 aliphatic carbocycles. The Labute approximate surface area is 244 Å². The molecule has 9 nitrogen and oxygen atoms in total. The molecule has 0 aliphatic rings. The van der Waals surface area contributed by atoms with Crippen LogP contribution in [-0.4, -0.2) is 37.1 Å². The van der Waals surface area contributed by atoms with Crippen molar-refractivity contribution in [3.63, 3.8) is 0 Å². The summed E-state index contributed by atoms with van der Waals surface area (Å²) >= 11 is 0. The third kappa shape index (κ3) is 6.81. The number of alkyl halides is 3. The quantitative estimate of drug-likeness (QED) is 0.199. The van der Waals surface area contributed by atoms with Crippen molar-refractivity contribution in [2.24, 2.45) is 0 Å². The predicted molar refractivity (Wildman–Crippen MR) is 154 cm³/mol. The number of nitrogens with zero attached hydrogens (tertiary/aromatic N) is 3. The maximum absolute atomic E-state index is 13.7. The summed E-state index contributed by atoms with van der Waals surface area (Å²) in [5.41, 5.74) is -1.45. The molecule has 2 amide bonds. The molecule has 2 aromatic heterocycles. The molecule has 2 heterocycles. The van der Waals surface area contributed by atoms with Crippen molar-refractivity contribution in [3.05, 3.63) is 102 Å². The van der Waals surface area contributed by atoms with E-state index in [-0.39, 0.29) is 22.8 Å². The minimum atomic E-state index is -4.63. The van der Waals surface area contributed by atoms with E-state index in [0.717, 1.165) is 12.1 Å². The van der Waals surface area contributed by atoms with E-state index in [1.165, 1.54) is 43.1 Å². The van der Waals surface area contributed by atoms with Gasteiger partial charge in [0, 0.05) is 35.4 Å². The van der Waals surface area contributed by atoms with Crippen LogP contribution in [0.25, 0.3) is 16.5 Å². The number of aromatic nitrogens is 3. The van der Waals surface area contributed by atoms with Crippen LogP contribution in [0.4, 0.5) is 24.7 Å². The second kappa shape index (κ2) is 11.2. The summed E-state index contributed by atoms with van der Waals surface area (Å²) in [6.07, 6.45) is -0.201. The second-order valence-corrected chi connectivity index (χ2v) is 10.3. The lowest BCUT2D eigenvalue weighted by atomic mass is 10.0. The van der Waals surface area contributed by atoms with Gasteiger partial charge < -0.3 is 25.0 Å². The lowest BCUT2D eigenvalue weighted by molar-refractivity contribution is -0.137. The molecule has 0 radical (unpaired) electrons. The monoisotopic (exact) mass is 589 g/mol. The molecular weight excluding hydrogens is 563 g/mol. The van der Waals surface area contributed by atoms with E-state index in [1.54, 1.807) is 55.6 Å². The standard InChI is InChI=1S/C31H26F3N5O4/c1-18-16-39(17-36-18)22-13-20(31(32,33)34)12-21(14-22)37-28(40)26-6-4-5-19-11-23(7-8-25(19)26)43-24-9-10-35-27(15-24)38-29(41)30(2,3)42/h4-17,42H,1-3H3,(H,37,40)(H,35,38,41). The van der Waals surface area contributed by atoms with Gasteiger partial charge in [-0.15, -0.1) is 0 Å². The van der Waals surface area contributed by atoms with Crippen molar-refractivity contribution in [3.8, 4) is 17.2 Å². The number of ether oxygens (including phenoxy) is 1. The number of imidazole rings is 1. The number of rotatable bonds is 7. The molecule has 43 heavy (non-hydrogen) atoms. The van der Waals surface area contributed by atoms with Gasteiger partial charge >= 0.3 is 6.18 Å². The minimum Gasteiger partial charge on any atom is -0.457 e. The van der Waals surface area contributed by atoms with Crippen LogP contribution in [0.2, 0.25) is 0 Å². The van der Waals surface area contributed by atoms with E-state index in [2.05, 4.69) is 20.6 Å². The number of carbonyl (C=O) groups excluding carboxylic acids is 2. The van der Waals surface area contributed by atoms with E-state index in [4.69, 9.17) is 4.74 Å². The number of carbonyl (C=O) groups is 2. The molecule has 12 heteroatoms.